The molecule has 0 aromatic heterocycles. The molecule has 0 bridgehead atoms. The quantitative estimate of drug-likeness (QED) is 0.806. The predicted octanol–water partition coefficient (Wildman–Crippen LogP) is 1.96. The van der Waals surface area contributed by atoms with E-state index in [2.05, 4.69) is 0 Å². The molecule has 0 aliphatic carbocycles. The van der Waals surface area contributed by atoms with E-state index in [0.717, 1.165) is 19.4 Å². The van der Waals surface area contributed by atoms with Gasteiger partial charge in [0.25, 0.3) is 0 Å². The molecule has 0 radical (unpaired) electrons. The van der Waals surface area contributed by atoms with Gasteiger partial charge in [0.2, 0.25) is 5.91 Å². The van der Waals surface area contributed by atoms with E-state index in [1.54, 1.807) is 17.0 Å². The Morgan fingerprint density at radius 2 is 2.17 bits per heavy atom. The molecular weight excluding hydrogens is 231 g/mol. The zero-order valence-corrected chi connectivity index (χ0v) is 10.9. The third-order valence-corrected chi connectivity index (χ3v) is 2.72. The van der Waals surface area contributed by atoms with Crippen molar-refractivity contribution < 1.29 is 9.18 Å². The monoisotopic (exact) mass is 252 g/mol. The zero-order valence-electron chi connectivity index (χ0n) is 10.9. The van der Waals surface area contributed by atoms with Gasteiger partial charge in [0.15, 0.2) is 0 Å². The first kappa shape index (κ1) is 14.6. The lowest BCUT2D eigenvalue weighted by Crippen LogP contribution is -2.34. The molecule has 0 unspecified atom stereocenters. The van der Waals surface area contributed by atoms with E-state index in [9.17, 15) is 9.18 Å². The summed E-state index contributed by atoms with van der Waals surface area (Å²) in [5.74, 6) is -0.264. The third kappa shape index (κ3) is 4.84. The minimum absolute atomic E-state index is 0.0379. The number of carbonyl (C=O) groups excluding carboxylic acids is 1. The maximum atomic E-state index is 13.0. The number of hydrogen-bond donors (Lipinski definition) is 1. The van der Waals surface area contributed by atoms with Gasteiger partial charge in [-0.2, -0.15) is 0 Å². The Morgan fingerprint density at radius 1 is 1.39 bits per heavy atom. The van der Waals surface area contributed by atoms with Crippen LogP contribution in [0.1, 0.15) is 25.3 Å². The number of carbonyl (C=O) groups is 1. The maximum absolute atomic E-state index is 13.0. The van der Waals surface area contributed by atoms with E-state index in [4.69, 9.17) is 5.73 Å². The van der Waals surface area contributed by atoms with Gasteiger partial charge in [-0.15, -0.1) is 0 Å². The summed E-state index contributed by atoms with van der Waals surface area (Å²) in [7, 11) is 0. The Bertz CT molecular complexity index is 382. The summed E-state index contributed by atoms with van der Waals surface area (Å²) in [5.41, 5.74) is 6.17. The van der Waals surface area contributed by atoms with E-state index >= 15 is 0 Å². The molecule has 2 N–H and O–H groups in total. The number of rotatable bonds is 7. The summed E-state index contributed by atoms with van der Waals surface area (Å²) in [6.07, 6.45) is 1.97. The molecule has 4 heteroatoms. The van der Waals surface area contributed by atoms with E-state index in [1.165, 1.54) is 12.1 Å². The summed E-state index contributed by atoms with van der Waals surface area (Å²) in [4.78, 5) is 13.9. The summed E-state index contributed by atoms with van der Waals surface area (Å²) in [6, 6.07) is 6.19. The van der Waals surface area contributed by atoms with Crippen LogP contribution in [0.5, 0.6) is 0 Å². The highest BCUT2D eigenvalue weighted by Gasteiger charge is 2.12. The fraction of sp³-hybridized carbons (Fsp3) is 0.500. The summed E-state index contributed by atoms with van der Waals surface area (Å²) < 4.78 is 13.0. The van der Waals surface area contributed by atoms with Crippen molar-refractivity contribution in [1.82, 2.24) is 4.90 Å². The minimum Gasteiger partial charge on any atom is -0.342 e. The Hall–Kier alpha value is -1.42. The van der Waals surface area contributed by atoms with Gasteiger partial charge in [-0.05, 0) is 37.1 Å². The van der Waals surface area contributed by atoms with Gasteiger partial charge in [0, 0.05) is 13.1 Å². The van der Waals surface area contributed by atoms with Crippen molar-refractivity contribution >= 4 is 5.91 Å². The average molecular weight is 252 g/mol. The van der Waals surface area contributed by atoms with E-state index < -0.39 is 0 Å². The lowest BCUT2D eigenvalue weighted by atomic mass is 10.1. The molecule has 0 spiro atoms. The van der Waals surface area contributed by atoms with Crippen molar-refractivity contribution in [2.75, 3.05) is 19.6 Å². The van der Waals surface area contributed by atoms with Crippen LogP contribution < -0.4 is 5.73 Å². The molecule has 0 saturated carbocycles. The van der Waals surface area contributed by atoms with Crippen LogP contribution in [-0.4, -0.2) is 30.4 Å². The molecule has 18 heavy (non-hydrogen) atoms. The smallest absolute Gasteiger partial charge is 0.226 e. The number of amides is 1. The SMILES string of the molecule is CCCN(CCCN)C(=O)Cc1cccc(F)c1. The van der Waals surface area contributed by atoms with Gasteiger partial charge in [0.1, 0.15) is 5.82 Å². The van der Waals surface area contributed by atoms with Gasteiger partial charge in [-0.1, -0.05) is 19.1 Å². The van der Waals surface area contributed by atoms with Crippen LogP contribution in [0.15, 0.2) is 24.3 Å². The Morgan fingerprint density at radius 3 is 2.78 bits per heavy atom. The van der Waals surface area contributed by atoms with Gasteiger partial charge in [-0.25, -0.2) is 4.39 Å². The molecule has 100 valence electrons. The highest BCUT2D eigenvalue weighted by atomic mass is 19.1. The summed E-state index contributed by atoms with van der Waals surface area (Å²) >= 11 is 0. The van der Waals surface area contributed by atoms with E-state index in [-0.39, 0.29) is 18.1 Å². The second-order valence-electron chi connectivity index (χ2n) is 4.33. The van der Waals surface area contributed by atoms with Crippen molar-refractivity contribution in [2.45, 2.75) is 26.2 Å². The number of hydrogen-bond acceptors (Lipinski definition) is 2. The number of benzene rings is 1. The van der Waals surface area contributed by atoms with Crippen LogP contribution in [0.4, 0.5) is 4.39 Å². The summed E-state index contributed by atoms with van der Waals surface area (Å²) in [5, 5.41) is 0. The fourth-order valence-electron chi connectivity index (χ4n) is 1.85. The maximum Gasteiger partial charge on any atom is 0.226 e. The van der Waals surface area contributed by atoms with Crippen LogP contribution >= 0.6 is 0 Å². The zero-order chi connectivity index (χ0) is 13.4. The molecule has 0 aliphatic rings. The molecule has 0 atom stereocenters. The summed E-state index contributed by atoms with van der Waals surface area (Å²) in [6.45, 7) is 4.02. The average Bonchev–Trinajstić information content (AvgIpc) is 2.34. The molecule has 0 aliphatic heterocycles. The second kappa shape index (κ2) is 7.82. The Labute approximate surface area is 108 Å². The Kier molecular flexibility index (Phi) is 6.36. The van der Waals surface area contributed by atoms with Crippen molar-refractivity contribution in [3.8, 4) is 0 Å². The van der Waals surface area contributed by atoms with Crippen LogP contribution in [-0.2, 0) is 11.2 Å². The van der Waals surface area contributed by atoms with Gasteiger partial charge in [0.05, 0.1) is 6.42 Å². The van der Waals surface area contributed by atoms with E-state index in [0.29, 0.717) is 18.7 Å². The molecule has 1 aromatic carbocycles. The molecule has 1 aromatic rings. The lowest BCUT2D eigenvalue weighted by Gasteiger charge is -2.22. The highest BCUT2D eigenvalue weighted by molar-refractivity contribution is 5.78. The van der Waals surface area contributed by atoms with Crippen molar-refractivity contribution in [3.63, 3.8) is 0 Å². The van der Waals surface area contributed by atoms with Gasteiger partial charge < -0.3 is 10.6 Å². The first-order chi connectivity index (χ1) is 8.67. The predicted molar refractivity (Wildman–Crippen MR) is 70.6 cm³/mol. The molecular formula is C14H21FN2O. The molecule has 3 nitrogen and oxygen atoms in total. The van der Waals surface area contributed by atoms with Gasteiger partial charge >= 0.3 is 0 Å². The standard InChI is InChI=1S/C14H21FN2O/c1-2-8-17(9-4-7-16)14(18)11-12-5-3-6-13(15)10-12/h3,5-6,10H,2,4,7-9,11,16H2,1H3. The van der Waals surface area contributed by atoms with E-state index in [1.807, 2.05) is 6.92 Å². The van der Waals surface area contributed by atoms with Crippen molar-refractivity contribution in [1.29, 1.82) is 0 Å². The number of nitrogens with two attached hydrogens (primary N) is 1. The first-order valence-corrected chi connectivity index (χ1v) is 6.39. The minimum atomic E-state index is -0.302. The number of nitrogens with zero attached hydrogens (tertiary/aromatic N) is 1. The van der Waals surface area contributed by atoms with Crippen LogP contribution in [0.2, 0.25) is 0 Å². The van der Waals surface area contributed by atoms with Crippen LogP contribution in [0.25, 0.3) is 0 Å². The van der Waals surface area contributed by atoms with Gasteiger partial charge in [-0.3, -0.25) is 4.79 Å². The number of halogens is 1. The molecule has 0 heterocycles. The first-order valence-electron chi connectivity index (χ1n) is 6.39. The van der Waals surface area contributed by atoms with Crippen LogP contribution in [0, 0.1) is 5.82 Å². The normalized spacial score (nSPS) is 10.4. The highest BCUT2D eigenvalue weighted by Crippen LogP contribution is 2.07. The third-order valence-electron chi connectivity index (χ3n) is 2.72. The van der Waals surface area contributed by atoms with Crippen LogP contribution in [0.3, 0.4) is 0 Å². The molecule has 1 rings (SSSR count). The lowest BCUT2D eigenvalue weighted by molar-refractivity contribution is -0.130. The fourth-order valence-corrected chi connectivity index (χ4v) is 1.85. The largest absolute Gasteiger partial charge is 0.342 e. The molecule has 0 fully saturated rings. The second-order valence-corrected chi connectivity index (χ2v) is 4.33. The topological polar surface area (TPSA) is 46.3 Å². The Balaban J connectivity index is 2.60. The van der Waals surface area contributed by atoms with Crippen molar-refractivity contribution in [2.24, 2.45) is 5.73 Å². The van der Waals surface area contributed by atoms with Crippen molar-refractivity contribution in [3.05, 3.63) is 35.6 Å². The molecule has 1 amide bonds. The molecule has 0 saturated heterocycles.